The number of aromatic amines is 1. The number of carbonyl (C=O) groups excluding carboxylic acids is 2. The fraction of sp³-hybridized carbons (Fsp3) is 0.310. The van der Waals surface area contributed by atoms with Crippen molar-refractivity contribution in [2.75, 3.05) is 13.6 Å². The number of nitrogens with zero attached hydrogens (tertiary/aromatic N) is 1. The van der Waals surface area contributed by atoms with E-state index in [0.29, 0.717) is 5.56 Å². The van der Waals surface area contributed by atoms with E-state index in [1.54, 1.807) is 0 Å². The summed E-state index contributed by atoms with van der Waals surface area (Å²) in [6.45, 7) is 12.2. The van der Waals surface area contributed by atoms with E-state index >= 15 is 0 Å². The van der Waals surface area contributed by atoms with Crippen molar-refractivity contribution in [3.63, 3.8) is 0 Å². The molecule has 0 radical (unpaired) electrons. The summed E-state index contributed by atoms with van der Waals surface area (Å²) in [7, 11) is 1.90. The molecule has 3 aromatic rings. The molecule has 0 aliphatic heterocycles. The van der Waals surface area contributed by atoms with E-state index in [1.165, 1.54) is 12.5 Å². The highest BCUT2D eigenvalue weighted by Gasteiger charge is 2.10. The van der Waals surface area contributed by atoms with Crippen LogP contribution in [0.5, 0.6) is 0 Å². The lowest BCUT2D eigenvalue weighted by Crippen LogP contribution is -2.11. The van der Waals surface area contributed by atoms with Crippen molar-refractivity contribution in [1.29, 1.82) is 0 Å². The van der Waals surface area contributed by atoms with Gasteiger partial charge in [-0.15, -0.1) is 0 Å². The van der Waals surface area contributed by atoms with Crippen molar-refractivity contribution in [3.8, 4) is 22.5 Å². The number of nitrogens with one attached hydrogen (secondary N) is 2. The van der Waals surface area contributed by atoms with Gasteiger partial charge in [0.15, 0.2) is 12.1 Å². The number of aldehydes is 1. The number of aryl methyl sites for hydroxylation is 1. The first-order chi connectivity index (χ1) is 17.3. The molecular formula is C29H39N3O4. The highest BCUT2D eigenvalue weighted by atomic mass is 16.4. The summed E-state index contributed by atoms with van der Waals surface area (Å²) < 4.78 is 0. The molecule has 1 aromatic carbocycles. The molecular weight excluding hydrogens is 454 g/mol. The number of aromatic nitrogens is 2. The van der Waals surface area contributed by atoms with E-state index in [1.807, 2.05) is 59.1 Å². The van der Waals surface area contributed by atoms with E-state index in [-0.39, 0.29) is 5.78 Å². The van der Waals surface area contributed by atoms with Gasteiger partial charge >= 0.3 is 5.97 Å². The maximum absolute atomic E-state index is 11.3. The molecule has 0 spiro atoms. The fourth-order valence-corrected chi connectivity index (χ4v) is 2.98. The number of hydrogen-bond acceptors (Lipinski definition) is 5. The van der Waals surface area contributed by atoms with Crippen LogP contribution in [-0.2, 0) is 16.0 Å². The average molecular weight is 494 g/mol. The van der Waals surface area contributed by atoms with E-state index in [4.69, 9.17) is 5.11 Å². The van der Waals surface area contributed by atoms with Crippen LogP contribution in [0.2, 0.25) is 0 Å². The van der Waals surface area contributed by atoms with Crippen molar-refractivity contribution in [2.24, 2.45) is 0 Å². The van der Waals surface area contributed by atoms with Crippen LogP contribution in [-0.4, -0.2) is 46.7 Å². The van der Waals surface area contributed by atoms with Gasteiger partial charge in [0, 0.05) is 53.3 Å². The summed E-state index contributed by atoms with van der Waals surface area (Å²) in [5.74, 6) is -1.35. The first kappa shape index (κ1) is 32.2. The Bertz CT molecular complexity index is 1100. The van der Waals surface area contributed by atoms with Crippen LogP contribution in [0.4, 0.5) is 0 Å². The van der Waals surface area contributed by atoms with Crippen LogP contribution in [0.3, 0.4) is 0 Å². The topological polar surface area (TPSA) is 112 Å². The molecule has 2 heterocycles. The number of benzene rings is 1. The number of carboxylic acids is 1. The molecule has 194 valence electrons. The molecule has 3 N–H and O–H groups in total. The number of allylic oxidation sites excluding steroid dienone is 1. The molecule has 7 nitrogen and oxygen atoms in total. The van der Waals surface area contributed by atoms with Crippen molar-refractivity contribution in [3.05, 3.63) is 77.6 Å². The zero-order chi connectivity index (χ0) is 27.5. The number of likely N-dealkylation sites (N-methyl/N-ethyl adjacent to an activating group) is 1. The number of H-pyrrole nitrogens is 1. The zero-order valence-electron chi connectivity index (χ0n) is 22.4. The molecule has 7 heteroatoms. The molecule has 0 aliphatic rings. The third-order valence-corrected chi connectivity index (χ3v) is 4.53. The first-order valence-electron chi connectivity index (χ1n) is 12.1. The van der Waals surface area contributed by atoms with E-state index in [2.05, 4.69) is 46.5 Å². The number of carbonyl (C=O) groups is 3. The molecule has 2 aromatic heterocycles. The Morgan fingerprint density at radius 2 is 1.72 bits per heavy atom. The van der Waals surface area contributed by atoms with Crippen LogP contribution < -0.4 is 5.32 Å². The summed E-state index contributed by atoms with van der Waals surface area (Å²) >= 11 is 0. The summed E-state index contributed by atoms with van der Waals surface area (Å²) in [6, 6.07) is 14.2. The average Bonchev–Trinajstić information content (AvgIpc) is 3.32. The Labute approximate surface area is 214 Å². The van der Waals surface area contributed by atoms with E-state index < -0.39 is 5.97 Å². The largest absolute Gasteiger partial charge is 0.478 e. The van der Waals surface area contributed by atoms with Crippen molar-refractivity contribution in [1.82, 2.24) is 15.3 Å². The molecule has 0 aliphatic carbocycles. The Morgan fingerprint density at radius 1 is 1.03 bits per heavy atom. The highest BCUT2D eigenvalue weighted by Crippen LogP contribution is 2.26. The van der Waals surface area contributed by atoms with Gasteiger partial charge < -0.3 is 15.4 Å². The minimum atomic E-state index is -1.10. The van der Waals surface area contributed by atoms with Crippen LogP contribution in [0.25, 0.3) is 22.5 Å². The van der Waals surface area contributed by atoms with E-state index in [9.17, 15) is 14.4 Å². The molecule has 0 bridgehead atoms. The van der Waals surface area contributed by atoms with Gasteiger partial charge in [0.1, 0.15) is 0 Å². The summed E-state index contributed by atoms with van der Waals surface area (Å²) in [4.78, 5) is 38.8. The predicted molar refractivity (Wildman–Crippen MR) is 147 cm³/mol. The van der Waals surface area contributed by atoms with Crippen molar-refractivity contribution >= 4 is 18.0 Å². The first-order valence-corrected chi connectivity index (χ1v) is 12.1. The number of hydrogen-bond donors (Lipinski definition) is 3. The lowest BCUT2D eigenvalue weighted by atomic mass is 10.1. The number of rotatable bonds is 8. The number of aliphatic carboxylic acids is 1. The Morgan fingerprint density at radius 3 is 2.25 bits per heavy atom. The molecule has 0 unspecified atom stereocenters. The highest BCUT2D eigenvalue weighted by molar-refractivity contribution is 5.93. The minimum Gasteiger partial charge on any atom is -0.478 e. The standard InChI is InChI=1S/C20H21N3O.C5H6O3.2C2H6/c1-14-4-3-5-15(10-14)19-11-16(6-9-22-19)20-12-17(13-24)18(23-20)7-8-21-2;1-4(6)2-3-5(7)8;2*1-2/h3-6,9-13,21,23H,7-8H2,1-2H3;2-3H,1H3,(H,7,8);2*1-2H3/b;3-2-;;. The van der Waals surface area contributed by atoms with E-state index in [0.717, 1.165) is 59.6 Å². The third kappa shape index (κ3) is 11.5. The lowest BCUT2D eigenvalue weighted by molar-refractivity contribution is -0.131. The normalized spacial score (nSPS) is 9.64. The molecule has 0 saturated heterocycles. The molecule has 0 atom stereocenters. The van der Waals surface area contributed by atoms with Gasteiger partial charge in [-0.1, -0.05) is 51.5 Å². The zero-order valence-corrected chi connectivity index (χ0v) is 22.4. The second-order valence-corrected chi connectivity index (χ2v) is 7.17. The Hall–Kier alpha value is -3.84. The SMILES string of the molecule is CC.CC.CC(=O)/C=C\C(=O)O.CNCCc1[nH]c(-c2ccnc(-c3cccc(C)c3)c2)cc1C=O. The lowest BCUT2D eigenvalue weighted by Gasteiger charge is -2.05. The van der Waals surface area contributed by atoms with Gasteiger partial charge in [-0.25, -0.2) is 4.79 Å². The number of carboxylic acid groups (broad SMARTS) is 1. The van der Waals surface area contributed by atoms with Gasteiger partial charge in [0.05, 0.1) is 5.69 Å². The monoisotopic (exact) mass is 493 g/mol. The molecule has 3 rings (SSSR count). The third-order valence-electron chi connectivity index (χ3n) is 4.53. The van der Waals surface area contributed by atoms with Gasteiger partial charge in [-0.2, -0.15) is 0 Å². The molecule has 0 fully saturated rings. The molecule has 36 heavy (non-hydrogen) atoms. The van der Waals surface area contributed by atoms with Crippen LogP contribution >= 0.6 is 0 Å². The molecule has 0 amide bonds. The maximum atomic E-state index is 11.3. The van der Waals surface area contributed by atoms with Gasteiger partial charge in [0.2, 0.25) is 0 Å². The smallest absolute Gasteiger partial charge is 0.328 e. The summed E-state index contributed by atoms with van der Waals surface area (Å²) in [5, 5.41) is 11.0. The van der Waals surface area contributed by atoms with Gasteiger partial charge in [-0.05, 0) is 51.2 Å². The minimum absolute atomic E-state index is 0.257. The summed E-state index contributed by atoms with van der Waals surface area (Å²) in [5.41, 5.74) is 6.87. The predicted octanol–water partition coefficient (Wildman–Crippen LogP) is 5.90. The number of ketones is 1. The van der Waals surface area contributed by atoms with Gasteiger partial charge in [0.25, 0.3) is 0 Å². The maximum Gasteiger partial charge on any atom is 0.328 e. The number of pyridine rings is 1. The van der Waals surface area contributed by atoms with Crippen LogP contribution in [0.15, 0.2) is 60.8 Å². The Balaban J connectivity index is 0.000000866. The van der Waals surface area contributed by atoms with Crippen LogP contribution in [0.1, 0.15) is 56.2 Å². The second kappa shape index (κ2) is 18.5. The van der Waals surface area contributed by atoms with Crippen LogP contribution in [0, 0.1) is 6.92 Å². The second-order valence-electron chi connectivity index (χ2n) is 7.17. The Kier molecular flexibility index (Phi) is 16.5. The van der Waals surface area contributed by atoms with Crippen molar-refractivity contribution in [2.45, 2.75) is 48.0 Å². The van der Waals surface area contributed by atoms with Gasteiger partial charge in [-0.3, -0.25) is 14.6 Å². The molecule has 0 saturated carbocycles. The fourth-order valence-electron chi connectivity index (χ4n) is 2.98. The van der Waals surface area contributed by atoms with Crippen molar-refractivity contribution < 1.29 is 19.5 Å². The summed E-state index contributed by atoms with van der Waals surface area (Å²) in [6.07, 6.45) is 5.32. The quantitative estimate of drug-likeness (QED) is 0.266.